The van der Waals surface area contributed by atoms with E-state index in [0.717, 1.165) is 5.56 Å². The van der Waals surface area contributed by atoms with Crippen molar-refractivity contribution < 1.29 is 9.47 Å². The van der Waals surface area contributed by atoms with Crippen molar-refractivity contribution in [2.24, 2.45) is 0 Å². The maximum absolute atomic E-state index is 5.01. The summed E-state index contributed by atoms with van der Waals surface area (Å²) in [5.74, 6) is 5.86. The highest BCUT2D eigenvalue weighted by molar-refractivity contribution is 5.33. The molecule has 0 radical (unpaired) electrons. The third-order valence-electron chi connectivity index (χ3n) is 1.38. The summed E-state index contributed by atoms with van der Waals surface area (Å²) < 4.78 is 9.71. The predicted octanol–water partition coefficient (Wildman–Crippen LogP) is 1.66. The Balaban J connectivity index is 2.31. The number of hydrogen-bond acceptors (Lipinski definition) is 2. The van der Waals surface area contributed by atoms with E-state index in [1.165, 1.54) is 0 Å². The smallest absolute Gasteiger partial charge is 0.147 e. The van der Waals surface area contributed by atoms with E-state index < -0.39 is 0 Å². The van der Waals surface area contributed by atoms with Gasteiger partial charge in [0.25, 0.3) is 0 Å². The van der Waals surface area contributed by atoms with Crippen LogP contribution >= 0.6 is 0 Å². The molecule has 13 heavy (non-hydrogen) atoms. The standard InChI is InChI=1S/C11H12O2/c1-12-10-13-9-5-8-11-6-3-2-4-7-11/h2-4,6-7H,9-10H2,1H3. The van der Waals surface area contributed by atoms with Crippen molar-refractivity contribution in [2.45, 2.75) is 0 Å². The first kappa shape index (κ1) is 9.79. The van der Waals surface area contributed by atoms with Crippen LogP contribution in [0.4, 0.5) is 0 Å². The lowest BCUT2D eigenvalue weighted by Gasteiger charge is -1.94. The molecule has 0 aromatic heterocycles. The summed E-state index contributed by atoms with van der Waals surface area (Å²) in [6.45, 7) is 0.701. The first-order chi connectivity index (χ1) is 6.43. The van der Waals surface area contributed by atoms with Gasteiger partial charge in [0.1, 0.15) is 13.4 Å². The molecule has 0 unspecified atom stereocenters. The highest BCUT2D eigenvalue weighted by Crippen LogP contribution is 1.94. The van der Waals surface area contributed by atoms with E-state index in [4.69, 9.17) is 9.47 Å². The van der Waals surface area contributed by atoms with Crippen molar-refractivity contribution in [1.29, 1.82) is 0 Å². The maximum atomic E-state index is 5.01. The molecular formula is C11H12O2. The monoisotopic (exact) mass is 176 g/mol. The van der Waals surface area contributed by atoms with Crippen LogP contribution < -0.4 is 0 Å². The summed E-state index contributed by atoms with van der Waals surface area (Å²) in [5, 5.41) is 0. The lowest BCUT2D eigenvalue weighted by Crippen LogP contribution is -1.95. The van der Waals surface area contributed by atoms with E-state index >= 15 is 0 Å². The number of ether oxygens (including phenoxy) is 2. The van der Waals surface area contributed by atoms with E-state index in [-0.39, 0.29) is 0 Å². The zero-order valence-corrected chi connectivity index (χ0v) is 7.62. The molecule has 0 aliphatic heterocycles. The lowest BCUT2D eigenvalue weighted by atomic mass is 10.2. The second-order valence-corrected chi connectivity index (χ2v) is 2.42. The van der Waals surface area contributed by atoms with Crippen LogP contribution in [0.3, 0.4) is 0 Å². The van der Waals surface area contributed by atoms with Crippen LogP contribution in [0.2, 0.25) is 0 Å². The molecule has 0 atom stereocenters. The molecule has 1 aromatic rings. The molecule has 0 saturated carbocycles. The fourth-order valence-electron chi connectivity index (χ4n) is 0.836. The molecule has 0 heterocycles. The van der Waals surface area contributed by atoms with Crippen molar-refractivity contribution in [1.82, 2.24) is 0 Å². The molecule has 1 aromatic carbocycles. The van der Waals surface area contributed by atoms with Crippen LogP contribution in [0.25, 0.3) is 0 Å². The number of hydrogen-bond donors (Lipinski definition) is 0. The Bertz CT molecular complexity index is 282. The summed E-state index contributed by atoms with van der Waals surface area (Å²) in [7, 11) is 1.59. The third kappa shape index (κ3) is 4.32. The van der Waals surface area contributed by atoms with Gasteiger partial charge in [-0.1, -0.05) is 30.0 Å². The molecule has 1 rings (SSSR count). The molecule has 0 fully saturated rings. The molecule has 0 aliphatic carbocycles. The van der Waals surface area contributed by atoms with Gasteiger partial charge in [-0.2, -0.15) is 0 Å². The lowest BCUT2D eigenvalue weighted by molar-refractivity contribution is -0.0166. The summed E-state index contributed by atoms with van der Waals surface area (Å²) in [6.07, 6.45) is 0. The van der Waals surface area contributed by atoms with Gasteiger partial charge in [-0.25, -0.2) is 0 Å². The van der Waals surface area contributed by atoms with Gasteiger partial charge in [0, 0.05) is 12.7 Å². The third-order valence-corrected chi connectivity index (χ3v) is 1.38. The largest absolute Gasteiger partial charge is 0.359 e. The van der Waals surface area contributed by atoms with E-state index in [2.05, 4.69) is 11.8 Å². The van der Waals surface area contributed by atoms with E-state index in [1.807, 2.05) is 30.3 Å². The molecule has 0 bridgehead atoms. The minimum absolute atomic E-state index is 0.295. The average Bonchev–Trinajstić information content (AvgIpc) is 2.19. The highest BCUT2D eigenvalue weighted by atomic mass is 16.7. The Labute approximate surface area is 78.5 Å². The summed E-state index contributed by atoms with van der Waals surface area (Å²) >= 11 is 0. The Kier molecular flexibility index (Phi) is 4.70. The predicted molar refractivity (Wildman–Crippen MR) is 51.1 cm³/mol. The fourth-order valence-corrected chi connectivity index (χ4v) is 0.836. The van der Waals surface area contributed by atoms with Crippen LogP contribution in [0, 0.1) is 11.8 Å². The zero-order valence-electron chi connectivity index (χ0n) is 7.62. The Morgan fingerprint density at radius 3 is 2.69 bits per heavy atom. The quantitative estimate of drug-likeness (QED) is 0.396. The van der Waals surface area contributed by atoms with E-state index in [0.29, 0.717) is 13.4 Å². The first-order valence-electron chi connectivity index (χ1n) is 4.04. The fraction of sp³-hybridized carbons (Fsp3) is 0.273. The molecule has 0 amide bonds. The van der Waals surface area contributed by atoms with Crippen molar-refractivity contribution >= 4 is 0 Å². The Hall–Kier alpha value is -1.30. The summed E-state index contributed by atoms with van der Waals surface area (Å²) in [5.41, 5.74) is 1.00. The van der Waals surface area contributed by atoms with E-state index in [1.54, 1.807) is 7.11 Å². The molecule has 0 saturated heterocycles. The van der Waals surface area contributed by atoms with Gasteiger partial charge < -0.3 is 9.47 Å². The topological polar surface area (TPSA) is 18.5 Å². The SMILES string of the molecule is COCOCC#Cc1ccccc1. The van der Waals surface area contributed by atoms with Crippen molar-refractivity contribution in [3.8, 4) is 11.8 Å². The van der Waals surface area contributed by atoms with Crippen LogP contribution in [-0.4, -0.2) is 20.5 Å². The van der Waals surface area contributed by atoms with Crippen molar-refractivity contribution in [3.05, 3.63) is 35.9 Å². The Morgan fingerprint density at radius 1 is 1.23 bits per heavy atom. The molecule has 0 spiro atoms. The van der Waals surface area contributed by atoms with Crippen molar-refractivity contribution in [3.63, 3.8) is 0 Å². The number of benzene rings is 1. The second-order valence-electron chi connectivity index (χ2n) is 2.42. The molecule has 2 heteroatoms. The van der Waals surface area contributed by atoms with Gasteiger partial charge in [0.05, 0.1) is 0 Å². The number of rotatable bonds is 3. The van der Waals surface area contributed by atoms with Crippen LogP contribution in [-0.2, 0) is 9.47 Å². The van der Waals surface area contributed by atoms with Crippen LogP contribution in [0.1, 0.15) is 5.56 Å². The number of methoxy groups -OCH3 is 1. The molecule has 0 aliphatic rings. The maximum Gasteiger partial charge on any atom is 0.147 e. The average molecular weight is 176 g/mol. The second kappa shape index (κ2) is 6.24. The highest BCUT2D eigenvalue weighted by Gasteiger charge is 1.81. The van der Waals surface area contributed by atoms with Gasteiger partial charge in [-0.05, 0) is 12.1 Å². The summed E-state index contributed by atoms with van der Waals surface area (Å²) in [4.78, 5) is 0. The van der Waals surface area contributed by atoms with Gasteiger partial charge in [-0.3, -0.25) is 0 Å². The molecular weight excluding hydrogens is 164 g/mol. The van der Waals surface area contributed by atoms with Crippen LogP contribution in [0.5, 0.6) is 0 Å². The minimum atomic E-state index is 0.295. The molecule has 0 N–H and O–H groups in total. The van der Waals surface area contributed by atoms with Gasteiger partial charge in [0.15, 0.2) is 0 Å². The van der Waals surface area contributed by atoms with E-state index in [9.17, 15) is 0 Å². The Morgan fingerprint density at radius 2 is 2.00 bits per heavy atom. The minimum Gasteiger partial charge on any atom is -0.359 e. The van der Waals surface area contributed by atoms with Crippen molar-refractivity contribution in [2.75, 3.05) is 20.5 Å². The van der Waals surface area contributed by atoms with Crippen LogP contribution in [0.15, 0.2) is 30.3 Å². The van der Waals surface area contributed by atoms with Gasteiger partial charge >= 0.3 is 0 Å². The molecule has 2 nitrogen and oxygen atoms in total. The molecule has 68 valence electrons. The zero-order chi connectivity index (χ0) is 9.36. The normalized spacial score (nSPS) is 9.00. The first-order valence-corrected chi connectivity index (χ1v) is 4.04. The van der Waals surface area contributed by atoms with Gasteiger partial charge in [-0.15, -0.1) is 0 Å². The summed E-state index contributed by atoms with van der Waals surface area (Å²) in [6, 6.07) is 9.80. The van der Waals surface area contributed by atoms with Gasteiger partial charge in [0.2, 0.25) is 0 Å².